The molecule has 3 rings (SSSR count). The van der Waals surface area contributed by atoms with Crippen molar-refractivity contribution in [2.75, 3.05) is 7.05 Å². The average Bonchev–Trinajstić information content (AvgIpc) is 3.03. The molecule has 25 heavy (non-hydrogen) atoms. The molecule has 2 aromatic heterocycles. The van der Waals surface area contributed by atoms with Crippen LogP contribution >= 0.6 is 11.3 Å². The van der Waals surface area contributed by atoms with E-state index in [1.165, 1.54) is 16.2 Å². The monoisotopic (exact) mass is 357 g/mol. The number of fused-ring (bicyclic) bond motifs is 1. The van der Waals surface area contributed by atoms with Crippen molar-refractivity contribution in [3.8, 4) is 5.75 Å². The average molecular weight is 357 g/mol. The van der Waals surface area contributed by atoms with Gasteiger partial charge in [0, 0.05) is 7.05 Å². The predicted octanol–water partition coefficient (Wildman–Crippen LogP) is 2.72. The van der Waals surface area contributed by atoms with Gasteiger partial charge in [-0.05, 0) is 43.0 Å². The van der Waals surface area contributed by atoms with Gasteiger partial charge in [-0.15, -0.1) is 11.3 Å². The van der Waals surface area contributed by atoms with E-state index in [1.807, 2.05) is 36.6 Å². The molecule has 0 spiro atoms. The standard InChI is InChI=1S/C18H19N3O3S/c1-11-5-4-6-13(9-11)24-12(2)18(23)21(3)10-15-19-14-7-8-25-16(14)17(22)20-15/h4-9,12H,10H2,1-3H3,(H,19,20,22). The number of aromatic amines is 1. The molecule has 0 aliphatic heterocycles. The Bertz CT molecular complexity index is 963. The first-order chi connectivity index (χ1) is 11.9. The van der Waals surface area contributed by atoms with Gasteiger partial charge >= 0.3 is 0 Å². The first-order valence-corrected chi connectivity index (χ1v) is 8.76. The smallest absolute Gasteiger partial charge is 0.268 e. The molecule has 0 aliphatic rings. The number of likely N-dealkylation sites (N-methyl/N-ethyl adjacent to an activating group) is 1. The molecule has 1 unspecified atom stereocenters. The van der Waals surface area contributed by atoms with Crippen molar-refractivity contribution in [2.24, 2.45) is 0 Å². The predicted molar refractivity (Wildman–Crippen MR) is 98.0 cm³/mol. The molecule has 7 heteroatoms. The van der Waals surface area contributed by atoms with Gasteiger partial charge < -0.3 is 14.6 Å². The molecule has 0 bridgehead atoms. The van der Waals surface area contributed by atoms with E-state index < -0.39 is 6.10 Å². The van der Waals surface area contributed by atoms with Crippen LogP contribution < -0.4 is 10.3 Å². The second-order valence-corrected chi connectivity index (χ2v) is 6.83. The number of benzene rings is 1. The molecule has 1 atom stereocenters. The van der Waals surface area contributed by atoms with Crippen LogP contribution in [0.25, 0.3) is 10.2 Å². The highest BCUT2D eigenvalue weighted by atomic mass is 32.1. The van der Waals surface area contributed by atoms with E-state index in [0.29, 0.717) is 21.8 Å². The molecule has 1 N–H and O–H groups in total. The summed E-state index contributed by atoms with van der Waals surface area (Å²) in [6, 6.07) is 9.35. The summed E-state index contributed by atoms with van der Waals surface area (Å²) < 4.78 is 6.31. The third-order valence-corrected chi connectivity index (χ3v) is 4.68. The minimum Gasteiger partial charge on any atom is -0.481 e. The summed E-state index contributed by atoms with van der Waals surface area (Å²) in [6.45, 7) is 3.88. The highest BCUT2D eigenvalue weighted by molar-refractivity contribution is 7.17. The minimum absolute atomic E-state index is 0.181. The third-order valence-electron chi connectivity index (χ3n) is 3.78. The van der Waals surface area contributed by atoms with Gasteiger partial charge in [0.05, 0.1) is 12.1 Å². The van der Waals surface area contributed by atoms with E-state index in [4.69, 9.17) is 4.74 Å². The van der Waals surface area contributed by atoms with Crippen LogP contribution in [-0.2, 0) is 11.3 Å². The lowest BCUT2D eigenvalue weighted by Gasteiger charge is -2.21. The number of hydrogen-bond donors (Lipinski definition) is 1. The van der Waals surface area contributed by atoms with Crippen LogP contribution in [-0.4, -0.2) is 33.9 Å². The second-order valence-electron chi connectivity index (χ2n) is 5.92. The highest BCUT2D eigenvalue weighted by Crippen LogP contribution is 2.16. The van der Waals surface area contributed by atoms with Gasteiger partial charge in [0.15, 0.2) is 6.10 Å². The van der Waals surface area contributed by atoms with Crippen molar-refractivity contribution in [2.45, 2.75) is 26.5 Å². The van der Waals surface area contributed by atoms with Crippen molar-refractivity contribution in [1.82, 2.24) is 14.9 Å². The number of nitrogens with zero attached hydrogens (tertiary/aromatic N) is 2. The number of H-pyrrole nitrogens is 1. The fourth-order valence-corrected chi connectivity index (χ4v) is 3.28. The minimum atomic E-state index is -0.636. The zero-order chi connectivity index (χ0) is 18.0. The van der Waals surface area contributed by atoms with Gasteiger partial charge in [-0.2, -0.15) is 0 Å². The lowest BCUT2D eigenvalue weighted by Crippen LogP contribution is -2.38. The van der Waals surface area contributed by atoms with Crippen molar-refractivity contribution in [3.63, 3.8) is 0 Å². The normalized spacial score (nSPS) is 12.1. The van der Waals surface area contributed by atoms with Gasteiger partial charge in [-0.1, -0.05) is 12.1 Å². The number of aromatic nitrogens is 2. The maximum absolute atomic E-state index is 12.5. The molecule has 0 saturated heterocycles. The summed E-state index contributed by atoms with van der Waals surface area (Å²) in [5.41, 5.74) is 1.53. The Morgan fingerprint density at radius 1 is 1.40 bits per heavy atom. The van der Waals surface area contributed by atoms with E-state index >= 15 is 0 Å². The Kier molecular flexibility index (Phi) is 4.85. The quantitative estimate of drug-likeness (QED) is 0.762. The van der Waals surface area contributed by atoms with Crippen LogP contribution in [0.15, 0.2) is 40.5 Å². The van der Waals surface area contributed by atoms with Gasteiger partial charge in [-0.25, -0.2) is 4.98 Å². The van der Waals surface area contributed by atoms with Gasteiger partial charge in [0.25, 0.3) is 11.5 Å². The number of nitrogens with one attached hydrogen (secondary N) is 1. The summed E-state index contributed by atoms with van der Waals surface area (Å²) in [7, 11) is 1.66. The van der Waals surface area contributed by atoms with E-state index in [0.717, 1.165) is 5.56 Å². The van der Waals surface area contributed by atoms with Crippen LogP contribution in [0.3, 0.4) is 0 Å². The number of rotatable bonds is 5. The number of carbonyl (C=O) groups excluding carboxylic acids is 1. The third kappa shape index (κ3) is 3.88. The Morgan fingerprint density at radius 2 is 2.20 bits per heavy atom. The summed E-state index contributed by atoms with van der Waals surface area (Å²) in [4.78, 5) is 33.1. The Hall–Kier alpha value is -2.67. The maximum Gasteiger partial charge on any atom is 0.268 e. The number of thiophene rings is 1. The molecule has 2 heterocycles. The zero-order valence-electron chi connectivity index (χ0n) is 14.3. The molecule has 0 radical (unpaired) electrons. The van der Waals surface area contributed by atoms with Crippen molar-refractivity contribution < 1.29 is 9.53 Å². The van der Waals surface area contributed by atoms with Gasteiger partial charge in [-0.3, -0.25) is 9.59 Å². The van der Waals surface area contributed by atoms with Crippen LogP contribution in [0, 0.1) is 6.92 Å². The maximum atomic E-state index is 12.5. The number of carbonyl (C=O) groups is 1. The van der Waals surface area contributed by atoms with Crippen molar-refractivity contribution in [3.05, 3.63) is 57.5 Å². The van der Waals surface area contributed by atoms with Crippen LogP contribution in [0.5, 0.6) is 5.75 Å². The van der Waals surface area contributed by atoms with Crippen LogP contribution in [0.2, 0.25) is 0 Å². The molecule has 1 aromatic carbocycles. The second kappa shape index (κ2) is 7.06. The highest BCUT2D eigenvalue weighted by Gasteiger charge is 2.20. The van der Waals surface area contributed by atoms with E-state index in [1.54, 1.807) is 20.0 Å². The molecule has 3 aromatic rings. The first-order valence-electron chi connectivity index (χ1n) is 7.89. The molecular formula is C18H19N3O3S. The summed E-state index contributed by atoms with van der Waals surface area (Å²) in [5, 5.41) is 1.82. The van der Waals surface area contributed by atoms with Crippen molar-refractivity contribution >= 4 is 27.5 Å². The summed E-state index contributed by atoms with van der Waals surface area (Å²) >= 11 is 1.35. The number of amides is 1. The molecular weight excluding hydrogens is 338 g/mol. The number of ether oxygens (including phenoxy) is 1. The van der Waals surface area contributed by atoms with Gasteiger partial charge in [0.2, 0.25) is 0 Å². The molecule has 6 nitrogen and oxygen atoms in total. The van der Waals surface area contributed by atoms with E-state index in [-0.39, 0.29) is 18.0 Å². The Labute approximate surface area is 149 Å². The van der Waals surface area contributed by atoms with E-state index in [9.17, 15) is 9.59 Å². The van der Waals surface area contributed by atoms with Crippen LogP contribution in [0.1, 0.15) is 18.3 Å². The molecule has 130 valence electrons. The fraction of sp³-hybridized carbons (Fsp3) is 0.278. The topological polar surface area (TPSA) is 75.3 Å². The van der Waals surface area contributed by atoms with Crippen molar-refractivity contribution in [1.29, 1.82) is 0 Å². The Balaban J connectivity index is 1.69. The molecule has 1 amide bonds. The molecule has 0 aliphatic carbocycles. The van der Waals surface area contributed by atoms with Crippen LogP contribution in [0.4, 0.5) is 0 Å². The van der Waals surface area contributed by atoms with E-state index in [2.05, 4.69) is 9.97 Å². The lowest BCUT2D eigenvalue weighted by atomic mass is 10.2. The first kappa shape index (κ1) is 17.2. The summed E-state index contributed by atoms with van der Waals surface area (Å²) in [5.74, 6) is 0.921. The number of hydrogen-bond acceptors (Lipinski definition) is 5. The lowest BCUT2D eigenvalue weighted by molar-refractivity contribution is -0.137. The SMILES string of the molecule is Cc1cccc(OC(C)C(=O)N(C)Cc2nc3ccsc3c(=O)[nH]2)c1. The Morgan fingerprint density at radius 3 is 2.96 bits per heavy atom. The largest absolute Gasteiger partial charge is 0.481 e. The molecule has 0 saturated carbocycles. The zero-order valence-corrected chi connectivity index (χ0v) is 15.1. The summed E-state index contributed by atoms with van der Waals surface area (Å²) in [6.07, 6.45) is -0.636. The van der Waals surface area contributed by atoms with Gasteiger partial charge in [0.1, 0.15) is 16.3 Å². The number of aryl methyl sites for hydroxylation is 1. The fourth-order valence-electron chi connectivity index (χ4n) is 2.55. The molecule has 0 fully saturated rings.